The Balaban J connectivity index is 2.03. The monoisotopic (exact) mass is 312 g/mol. The molecule has 0 spiro atoms. The number of esters is 1. The molecule has 0 bridgehead atoms. The fourth-order valence-corrected chi connectivity index (χ4v) is 2.52. The molecule has 4 nitrogen and oxygen atoms in total. The smallest absolute Gasteiger partial charge is 0.322 e. The molecule has 2 N–H and O–H groups in total. The van der Waals surface area contributed by atoms with E-state index in [-0.39, 0.29) is 5.97 Å². The van der Waals surface area contributed by atoms with Crippen LogP contribution in [-0.4, -0.2) is 25.7 Å². The lowest BCUT2D eigenvalue weighted by atomic mass is 10.1. The summed E-state index contributed by atoms with van der Waals surface area (Å²) in [6.45, 7) is 3.94. The van der Waals surface area contributed by atoms with Crippen LogP contribution >= 0.6 is 0 Å². The zero-order valence-corrected chi connectivity index (χ0v) is 13.7. The molecule has 2 aromatic carbocycles. The summed E-state index contributed by atoms with van der Waals surface area (Å²) in [5.41, 5.74) is 9.27. The fourth-order valence-electron chi connectivity index (χ4n) is 2.52. The Kier molecular flexibility index (Phi) is 6.18. The Bertz CT molecular complexity index is 611. The van der Waals surface area contributed by atoms with Gasteiger partial charge in [-0.25, -0.2) is 0 Å². The molecule has 0 fully saturated rings. The Morgan fingerprint density at radius 2 is 1.74 bits per heavy atom. The highest BCUT2D eigenvalue weighted by Gasteiger charge is 2.14. The molecule has 0 aromatic heterocycles. The summed E-state index contributed by atoms with van der Waals surface area (Å²) in [5, 5.41) is 0. The van der Waals surface area contributed by atoms with Gasteiger partial charge in [-0.15, -0.1) is 0 Å². The summed E-state index contributed by atoms with van der Waals surface area (Å²) in [5.74, 6) is -0.381. The third kappa shape index (κ3) is 4.83. The number of benzene rings is 2. The molecule has 0 aliphatic heterocycles. The number of anilines is 1. The minimum atomic E-state index is -0.613. The highest BCUT2D eigenvalue weighted by Crippen LogP contribution is 2.18. The van der Waals surface area contributed by atoms with Crippen LogP contribution in [0, 0.1) is 0 Å². The summed E-state index contributed by atoms with van der Waals surface area (Å²) in [6.07, 6.45) is 0.484. The molecule has 1 atom stereocenters. The number of hydrogen-bond acceptors (Lipinski definition) is 4. The van der Waals surface area contributed by atoms with Gasteiger partial charge in [-0.05, 0) is 36.6 Å². The van der Waals surface area contributed by atoms with E-state index in [9.17, 15) is 4.79 Å². The molecule has 0 radical (unpaired) electrons. The molecule has 1 unspecified atom stereocenters. The zero-order valence-electron chi connectivity index (χ0n) is 13.7. The van der Waals surface area contributed by atoms with Crippen LogP contribution in [0.15, 0.2) is 54.6 Å². The lowest BCUT2D eigenvalue weighted by molar-refractivity contribution is -0.142. The van der Waals surface area contributed by atoms with Crippen molar-refractivity contribution in [2.45, 2.75) is 25.9 Å². The van der Waals surface area contributed by atoms with Gasteiger partial charge in [-0.1, -0.05) is 42.5 Å². The van der Waals surface area contributed by atoms with Crippen LogP contribution in [0.25, 0.3) is 0 Å². The van der Waals surface area contributed by atoms with Crippen molar-refractivity contribution in [2.24, 2.45) is 5.73 Å². The average Bonchev–Trinajstić information content (AvgIpc) is 2.60. The topological polar surface area (TPSA) is 55.6 Å². The molecular formula is C19H24N2O2. The van der Waals surface area contributed by atoms with Crippen LogP contribution in [0.2, 0.25) is 0 Å². The van der Waals surface area contributed by atoms with Gasteiger partial charge >= 0.3 is 5.97 Å². The van der Waals surface area contributed by atoms with Crippen molar-refractivity contribution >= 4 is 11.7 Å². The average molecular weight is 312 g/mol. The Morgan fingerprint density at radius 1 is 1.09 bits per heavy atom. The van der Waals surface area contributed by atoms with Crippen LogP contribution in [0.5, 0.6) is 0 Å². The maximum absolute atomic E-state index is 11.4. The van der Waals surface area contributed by atoms with Crippen molar-refractivity contribution in [1.29, 1.82) is 0 Å². The largest absolute Gasteiger partial charge is 0.468 e. The first-order valence-corrected chi connectivity index (χ1v) is 7.85. The summed E-state index contributed by atoms with van der Waals surface area (Å²) in [6, 6.07) is 18.0. The van der Waals surface area contributed by atoms with Gasteiger partial charge in [0, 0.05) is 18.8 Å². The van der Waals surface area contributed by atoms with Gasteiger partial charge in [-0.3, -0.25) is 4.79 Å². The quantitative estimate of drug-likeness (QED) is 0.799. The molecule has 23 heavy (non-hydrogen) atoms. The summed E-state index contributed by atoms with van der Waals surface area (Å²) in [4.78, 5) is 13.7. The number of nitrogens with two attached hydrogens (primary N) is 1. The molecule has 4 heteroatoms. The molecule has 0 saturated carbocycles. The Labute approximate surface area is 137 Å². The lowest BCUT2D eigenvalue weighted by Gasteiger charge is -2.23. The van der Waals surface area contributed by atoms with Gasteiger partial charge in [-0.2, -0.15) is 0 Å². The van der Waals surface area contributed by atoms with Gasteiger partial charge in [0.25, 0.3) is 0 Å². The van der Waals surface area contributed by atoms with Crippen molar-refractivity contribution < 1.29 is 9.53 Å². The molecule has 0 saturated heterocycles. The van der Waals surface area contributed by atoms with Crippen molar-refractivity contribution in [3.05, 3.63) is 65.7 Å². The third-order valence-electron chi connectivity index (χ3n) is 3.86. The van der Waals surface area contributed by atoms with E-state index < -0.39 is 6.04 Å². The predicted molar refractivity (Wildman–Crippen MR) is 93.3 cm³/mol. The van der Waals surface area contributed by atoms with E-state index >= 15 is 0 Å². The van der Waals surface area contributed by atoms with Gasteiger partial charge in [0.2, 0.25) is 0 Å². The van der Waals surface area contributed by atoms with E-state index in [4.69, 9.17) is 5.73 Å². The second-order valence-corrected chi connectivity index (χ2v) is 5.50. The predicted octanol–water partition coefficient (Wildman–Crippen LogP) is 2.76. The number of ether oxygens (including phenoxy) is 1. The van der Waals surface area contributed by atoms with E-state index in [1.54, 1.807) is 0 Å². The van der Waals surface area contributed by atoms with Crippen molar-refractivity contribution in [2.75, 3.05) is 18.6 Å². The van der Waals surface area contributed by atoms with Crippen LogP contribution in [0.3, 0.4) is 0 Å². The van der Waals surface area contributed by atoms with E-state index in [0.29, 0.717) is 6.42 Å². The number of carbonyl (C=O) groups excluding carboxylic acids is 1. The molecular weight excluding hydrogens is 288 g/mol. The van der Waals surface area contributed by atoms with E-state index in [2.05, 4.69) is 53.0 Å². The first-order chi connectivity index (χ1) is 11.1. The van der Waals surface area contributed by atoms with Crippen molar-refractivity contribution in [3.63, 3.8) is 0 Å². The SMILES string of the molecule is CCN(Cc1ccccc1)c1ccc(CC(N)C(=O)OC)cc1. The normalized spacial score (nSPS) is 11.8. The van der Waals surface area contributed by atoms with E-state index in [1.807, 2.05) is 18.2 Å². The van der Waals surface area contributed by atoms with Crippen molar-refractivity contribution in [1.82, 2.24) is 0 Å². The molecule has 0 heterocycles. The third-order valence-corrected chi connectivity index (χ3v) is 3.86. The van der Waals surface area contributed by atoms with Gasteiger partial charge < -0.3 is 15.4 Å². The minimum absolute atomic E-state index is 0.381. The number of nitrogens with zero attached hydrogens (tertiary/aromatic N) is 1. The van der Waals surface area contributed by atoms with Gasteiger partial charge in [0.1, 0.15) is 6.04 Å². The lowest BCUT2D eigenvalue weighted by Crippen LogP contribution is -2.33. The molecule has 2 aromatic rings. The number of rotatable bonds is 7. The second kappa shape index (κ2) is 8.34. The van der Waals surface area contributed by atoms with Gasteiger partial charge in [0.15, 0.2) is 0 Å². The minimum Gasteiger partial charge on any atom is -0.468 e. The standard InChI is InChI=1S/C19H24N2O2/c1-3-21(14-16-7-5-4-6-8-16)17-11-9-15(10-12-17)13-18(20)19(22)23-2/h4-12,18H,3,13-14,20H2,1-2H3. The first kappa shape index (κ1) is 17.0. The van der Waals surface area contributed by atoms with Crippen LogP contribution in [0.1, 0.15) is 18.1 Å². The second-order valence-electron chi connectivity index (χ2n) is 5.50. The van der Waals surface area contributed by atoms with E-state index in [0.717, 1.165) is 24.3 Å². The molecule has 0 amide bonds. The highest BCUT2D eigenvalue weighted by molar-refractivity contribution is 5.75. The Morgan fingerprint density at radius 3 is 2.30 bits per heavy atom. The summed E-state index contributed by atoms with van der Waals surface area (Å²) in [7, 11) is 1.36. The van der Waals surface area contributed by atoms with Crippen LogP contribution in [0.4, 0.5) is 5.69 Å². The zero-order chi connectivity index (χ0) is 16.7. The van der Waals surface area contributed by atoms with Crippen molar-refractivity contribution in [3.8, 4) is 0 Å². The fraction of sp³-hybridized carbons (Fsp3) is 0.316. The van der Waals surface area contributed by atoms with Crippen LogP contribution < -0.4 is 10.6 Å². The number of hydrogen-bond donors (Lipinski definition) is 1. The number of carbonyl (C=O) groups is 1. The molecule has 122 valence electrons. The molecule has 0 aliphatic rings. The van der Waals surface area contributed by atoms with E-state index in [1.165, 1.54) is 12.7 Å². The van der Waals surface area contributed by atoms with Crippen LogP contribution in [-0.2, 0) is 22.5 Å². The Hall–Kier alpha value is -2.33. The maximum atomic E-state index is 11.4. The highest BCUT2D eigenvalue weighted by atomic mass is 16.5. The van der Waals surface area contributed by atoms with Gasteiger partial charge in [0.05, 0.1) is 7.11 Å². The summed E-state index contributed by atoms with van der Waals surface area (Å²) >= 11 is 0. The number of methoxy groups -OCH3 is 1. The summed E-state index contributed by atoms with van der Waals surface area (Å²) < 4.78 is 4.66. The maximum Gasteiger partial charge on any atom is 0.322 e. The molecule has 0 aliphatic carbocycles. The first-order valence-electron chi connectivity index (χ1n) is 7.85. The molecule has 2 rings (SSSR count).